The molecule has 2 aliphatic rings. The molecule has 0 saturated heterocycles. The van der Waals surface area contributed by atoms with Crippen LogP contribution in [0.3, 0.4) is 0 Å². The topological polar surface area (TPSA) is 77.8 Å². The highest BCUT2D eigenvalue weighted by Gasteiger charge is 2.37. The van der Waals surface area contributed by atoms with Crippen LogP contribution >= 0.6 is 11.3 Å². The lowest BCUT2D eigenvalue weighted by molar-refractivity contribution is -0.124. The Morgan fingerprint density at radius 1 is 1.13 bits per heavy atom. The first kappa shape index (κ1) is 22.4. The fourth-order valence-corrected chi connectivity index (χ4v) is 5.26. The second-order valence-electron chi connectivity index (χ2n) is 10.1. The first-order chi connectivity index (χ1) is 14.9. The molecule has 1 aromatic rings. The summed E-state index contributed by atoms with van der Waals surface area (Å²) in [6, 6.07) is 1.53. The van der Waals surface area contributed by atoms with Gasteiger partial charge in [-0.2, -0.15) is 0 Å². The van der Waals surface area contributed by atoms with Gasteiger partial charge in [-0.3, -0.25) is 4.79 Å². The molecule has 5 nitrogen and oxygen atoms in total. The fourth-order valence-electron chi connectivity index (χ4n) is 4.42. The predicted molar refractivity (Wildman–Crippen MR) is 124 cm³/mol. The number of carbonyl (C=O) groups is 2. The highest BCUT2D eigenvalue weighted by atomic mass is 32.1. The molecule has 0 aliphatic heterocycles. The van der Waals surface area contributed by atoms with Crippen molar-refractivity contribution >= 4 is 28.9 Å². The minimum atomic E-state index is -1.47. The number of carbonyl (C=O) groups excluding carboxylic acids is 1. The smallest absolute Gasteiger partial charge is 0.348 e. The molecule has 2 aliphatic carbocycles. The molecule has 1 heterocycles. The Balaban J connectivity index is 2.00. The van der Waals surface area contributed by atoms with E-state index < -0.39 is 12.0 Å². The molecule has 3 rings (SSSR count). The molecule has 2 saturated carbocycles. The van der Waals surface area contributed by atoms with Gasteiger partial charge in [-0.05, 0) is 84.1 Å². The molecule has 0 aromatic carbocycles. The summed E-state index contributed by atoms with van der Waals surface area (Å²) in [5.41, 5.74) is 0.203. The highest BCUT2D eigenvalue weighted by Crippen LogP contribution is 2.38. The van der Waals surface area contributed by atoms with Gasteiger partial charge in [-0.1, -0.05) is 18.8 Å². The van der Waals surface area contributed by atoms with Gasteiger partial charge >= 0.3 is 5.97 Å². The van der Waals surface area contributed by atoms with Crippen molar-refractivity contribution in [3.8, 4) is 11.8 Å². The Hall–Kier alpha value is -1.84. The van der Waals surface area contributed by atoms with Crippen LogP contribution < -0.4 is 4.90 Å². The van der Waals surface area contributed by atoms with E-state index in [9.17, 15) is 19.8 Å². The van der Waals surface area contributed by atoms with Gasteiger partial charge in [0.25, 0.3) is 0 Å². The lowest BCUT2D eigenvalue weighted by Gasteiger charge is -2.38. The average Bonchev–Trinajstić information content (AvgIpc) is 3.12. The van der Waals surface area contributed by atoms with Gasteiger partial charge in [0, 0.05) is 17.4 Å². The van der Waals surface area contributed by atoms with Gasteiger partial charge in [0.1, 0.15) is 4.88 Å². The number of carboxylic acid groups (broad SMARTS) is 1. The zero-order valence-corrected chi connectivity index (χ0v) is 19.8. The molecule has 6 heteroatoms. The second kappa shape index (κ2) is 9.75. The van der Waals surface area contributed by atoms with Crippen molar-refractivity contribution in [1.29, 1.82) is 0 Å². The minimum absolute atomic E-state index is 0.0204. The molecule has 0 radical (unpaired) electrons. The molecule has 31 heavy (non-hydrogen) atoms. The zero-order chi connectivity index (χ0) is 23.7. The fraction of sp³-hybridized carbons (Fsp3) is 0.680. The quantitative estimate of drug-likeness (QED) is 0.615. The van der Waals surface area contributed by atoms with Crippen LogP contribution in [-0.2, 0) is 4.79 Å². The number of nitrogens with zero attached hydrogens (tertiary/aromatic N) is 1. The van der Waals surface area contributed by atoms with E-state index in [2.05, 4.69) is 18.8 Å². The minimum Gasteiger partial charge on any atom is -0.477 e. The highest BCUT2D eigenvalue weighted by molar-refractivity contribution is 7.15. The zero-order valence-electron chi connectivity index (χ0n) is 20.0. The summed E-state index contributed by atoms with van der Waals surface area (Å²) in [6.07, 6.45) is 3.65. The molecule has 0 unspecified atom stereocenters. The summed E-state index contributed by atoms with van der Waals surface area (Å²) in [6.45, 7) is 8.19. The van der Waals surface area contributed by atoms with Crippen molar-refractivity contribution in [3.63, 3.8) is 0 Å². The number of hydrogen-bond donors (Lipinski definition) is 2. The molecule has 0 bridgehead atoms. The molecular weight excluding hydrogens is 410 g/mol. The van der Waals surface area contributed by atoms with E-state index in [1.807, 2.05) is 20.8 Å². The van der Waals surface area contributed by atoms with Crippen molar-refractivity contribution in [2.45, 2.75) is 91.2 Å². The Kier molecular flexibility index (Phi) is 7.03. The lowest BCUT2D eigenvalue weighted by Crippen LogP contribution is -2.47. The predicted octanol–water partition coefficient (Wildman–Crippen LogP) is 5.31. The first-order valence-electron chi connectivity index (χ1n) is 11.8. The summed E-state index contributed by atoms with van der Waals surface area (Å²) >= 11 is 1.11. The van der Waals surface area contributed by atoms with E-state index in [4.69, 9.17) is 1.37 Å². The third kappa shape index (κ3) is 6.11. The third-order valence-electron chi connectivity index (χ3n) is 6.23. The third-order valence-corrected chi connectivity index (χ3v) is 7.25. The van der Waals surface area contributed by atoms with Crippen LogP contribution in [0.1, 0.15) is 95.0 Å². The number of hydrogen-bond acceptors (Lipinski definition) is 4. The summed E-state index contributed by atoms with van der Waals surface area (Å²) in [5, 5.41) is 20.0. The van der Waals surface area contributed by atoms with Gasteiger partial charge in [-0.25, -0.2) is 4.79 Å². The number of aliphatic hydroxyl groups is 1. The first-order valence-corrected chi connectivity index (χ1v) is 12.1. The summed E-state index contributed by atoms with van der Waals surface area (Å²) in [5.74, 6) is 5.65. The standard InChI is InChI=1S/C25H35NO4S/c1-16-5-7-17(8-6-16)23(28)26(18-9-11-19(27)12-10-18)21-15-20(13-14-25(2,3)4)31-22(21)24(29)30/h15-19,27H,5-12H2,1-4H3,(H,29,30)/i19D. The molecule has 170 valence electrons. The van der Waals surface area contributed by atoms with Gasteiger partial charge in [0.05, 0.1) is 18.0 Å². The number of thiophene rings is 1. The Morgan fingerprint density at radius 2 is 1.74 bits per heavy atom. The summed E-state index contributed by atoms with van der Waals surface area (Å²) < 4.78 is 7.96. The second-order valence-corrected chi connectivity index (χ2v) is 11.1. The number of aromatic carboxylic acids is 1. The lowest BCUT2D eigenvalue weighted by atomic mass is 9.81. The van der Waals surface area contributed by atoms with E-state index in [1.54, 1.807) is 11.0 Å². The van der Waals surface area contributed by atoms with Crippen LogP contribution in [0.5, 0.6) is 0 Å². The van der Waals surface area contributed by atoms with E-state index in [1.165, 1.54) is 0 Å². The maximum atomic E-state index is 13.8. The van der Waals surface area contributed by atoms with Gasteiger partial charge in [-0.15, -0.1) is 11.3 Å². The monoisotopic (exact) mass is 446 g/mol. The van der Waals surface area contributed by atoms with Gasteiger partial charge < -0.3 is 15.1 Å². The molecule has 0 spiro atoms. The van der Waals surface area contributed by atoms with Crippen LogP contribution in [0.25, 0.3) is 0 Å². The van der Waals surface area contributed by atoms with Gasteiger partial charge in [0.2, 0.25) is 5.91 Å². The molecule has 1 aromatic heterocycles. The Labute approximate surface area is 191 Å². The number of amides is 1. The van der Waals surface area contributed by atoms with E-state index in [-0.39, 0.29) is 41.0 Å². The van der Waals surface area contributed by atoms with Crippen molar-refractivity contribution in [1.82, 2.24) is 0 Å². The van der Waals surface area contributed by atoms with Crippen molar-refractivity contribution in [2.75, 3.05) is 4.90 Å². The normalized spacial score (nSPS) is 29.5. The van der Waals surface area contributed by atoms with E-state index >= 15 is 0 Å². The van der Waals surface area contributed by atoms with Crippen LogP contribution in [0, 0.1) is 29.1 Å². The largest absolute Gasteiger partial charge is 0.477 e. The molecule has 2 N–H and O–H groups in total. The van der Waals surface area contributed by atoms with Crippen molar-refractivity contribution in [2.24, 2.45) is 17.3 Å². The Morgan fingerprint density at radius 3 is 2.29 bits per heavy atom. The van der Waals surface area contributed by atoms with Crippen LogP contribution in [0.2, 0.25) is 0 Å². The summed E-state index contributed by atoms with van der Waals surface area (Å²) in [4.78, 5) is 28.3. The van der Waals surface area contributed by atoms with Crippen molar-refractivity contribution in [3.05, 3.63) is 15.8 Å². The average molecular weight is 447 g/mol. The Bertz CT molecular complexity index is 903. The number of carboxylic acids is 1. The van der Waals surface area contributed by atoms with E-state index in [0.29, 0.717) is 29.3 Å². The molecule has 0 atom stereocenters. The van der Waals surface area contributed by atoms with E-state index in [0.717, 1.165) is 37.0 Å². The SMILES string of the molecule is [2H]C1(O)CCC(N(C(=O)C2CCC(C)CC2)c2cc(C#CC(C)(C)C)sc2C(=O)O)CC1. The molecule has 2 fully saturated rings. The maximum absolute atomic E-state index is 13.8. The molecular formula is C25H35NO4S. The number of rotatable bonds is 4. The maximum Gasteiger partial charge on any atom is 0.348 e. The van der Waals surface area contributed by atoms with Crippen LogP contribution in [-0.4, -0.2) is 34.2 Å². The molecule has 1 amide bonds. The summed E-state index contributed by atoms with van der Waals surface area (Å²) in [7, 11) is 0. The van der Waals surface area contributed by atoms with Crippen LogP contribution in [0.4, 0.5) is 5.69 Å². The van der Waals surface area contributed by atoms with Gasteiger partial charge in [0.15, 0.2) is 0 Å². The van der Waals surface area contributed by atoms with Crippen molar-refractivity contribution < 1.29 is 21.2 Å². The van der Waals surface area contributed by atoms with Crippen LogP contribution in [0.15, 0.2) is 6.07 Å². The number of anilines is 1.